The van der Waals surface area contributed by atoms with Crippen LogP contribution in [0.25, 0.3) is 0 Å². The van der Waals surface area contributed by atoms with Crippen molar-refractivity contribution >= 4 is 24.8 Å². The van der Waals surface area contributed by atoms with Crippen molar-refractivity contribution in [2.24, 2.45) is 5.92 Å². The fourth-order valence-electron chi connectivity index (χ4n) is 1.23. The molecule has 2 atom stereocenters. The Morgan fingerprint density at radius 1 is 1.35 bits per heavy atom. The maximum absolute atomic E-state index is 11.0. The average molecular weight is 242 g/mol. The van der Waals surface area contributed by atoms with Crippen molar-refractivity contribution in [2.75, 3.05) is 6.61 Å². The molecule has 0 aliphatic heterocycles. The highest BCUT2D eigenvalue weighted by Gasteiger charge is 2.29. The summed E-state index contributed by atoms with van der Waals surface area (Å²) in [7, 11) is 0. The minimum Gasteiger partial charge on any atom is -0.481 e. The van der Waals surface area contributed by atoms with Gasteiger partial charge in [-0.25, -0.2) is 0 Å². The van der Waals surface area contributed by atoms with Crippen molar-refractivity contribution in [1.82, 2.24) is 0 Å². The van der Waals surface area contributed by atoms with E-state index in [2.05, 4.69) is 0 Å². The van der Waals surface area contributed by atoms with Gasteiger partial charge >= 0.3 is 5.97 Å². The van der Waals surface area contributed by atoms with Gasteiger partial charge in [-0.1, -0.05) is 6.08 Å². The van der Waals surface area contributed by atoms with Crippen molar-refractivity contribution < 1.29 is 29.0 Å². The fraction of sp³-hybridized carbons (Fsp3) is 0.455. The topological polar surface area (TPSA) is 97.7 Å². The summed E-state index contributed by atoms with van der Waals surface area (Å²) in [5, 5.41) is 8.94. The van der Waals surface area contributed by atoms with Gasteiger partial charge in [0.2, 0.25) is 0 Å². The summed E-state index contributed by atoms with van der Waals surface area (Å²) in [6.07, 6.45) is 1.37. The minimum absolute atomic E-state index is 0.113. The van der Waals surface area contributed by atoms with Gasteiger partial charge in [0, 0.05) is 0 Å². The molecule has 2 unspecified atom stereocenters. The molecule has 0 bridgehead atoms. The molecule has 0 saturated carbocycles. The molecular formula is C11H14O6. The van der Waals surface area contributed by atoms with Crippen LogP contribution in [-0.2, 0) is 23.9 Å². The molecule has 0 amide bonds. The quantitative estimate of drug-likeness (QED) is 0.451. The summed E-state index contributed by atoms with van der Waals surface area (Å²) >= 11 is 0. The molecule has 0 rings (SSSR count). The molecule has 1 N–H and O–H groups in total. The monoisotopic (exact) mass is 242 g/mol. The largest absolute Gasteiger partial charge is 0.481 e. The van der Waals surface area contributed by atoms with Crippen LogP contribution in [0, 0.1) is 5.92 Å². The highest BCUT2D eigenvalue weighted by molar-refractivity contribution is 5.80. The molecule has 0 fully saturated rings. The summed E-state index contributed by atoms with van der Waals surface area (Å²) in [6.45, 7) is 1.23. The van der Waals surface area contributed by atoms with Crippen LogP contribution in [0.3, 0.4) is 0 Å². The lowest BCUT2D eigenvalue weighted by atomic mass is 9.95. The molecule has 0 heterocycles. The van der Waals surface area contributed by atoms with E-state index in [0.717, 1.165) is 0 Å². The third kappa shape index (κ3) is 5.17. The first-order valence-electron chi connectivity index (χ1n) is 4.94. The number of carbonyl (C=O) groups excluding carboxylic acids is 3. The Balaban J connectivity index is 4.79. The van der Waals surface area contributed by atoms with E-state index in [-0.39, 0.29) is 18.6 Å². The minimum atomic E-state index is -1.26. The molecule has 17 heavy (non-hydrogen) atoms. The second-order valence-electron chi connectivity index (χ2n) is 3.23. The second kappa shape index (κ2) is 8.35. The average Bonchev–Trinajstić information content (AvgIpc) is 2.33. The number of ether oxygens (including phenoxy) is 1. The summed E-state index contributed by atoms with van der Waals surface area (Å²) in [6, 6.07) is 0. The zero-order valence-electron chi connectivity index (χ0n) is 9.37. The number of carbonyl (C=O) groups is 4. The summed E-state index contributed by atoms with van der Waals surface area (Å²) in [5.74, 6) is -2.43. The lowest BCUT2D eigenvalue weighted by Crippen LogP contribution is -2.33. The van der Waals surface area contributed by atoms with Crippen LogP contribution >= 0.6 is 0 Å². The van der Waals surface area contributed by atoms with Crippen LogP contribution in [0.15, 0.2) is 11.6 Å². The highest BCUT2D eigenvalue weighted by Crippen LogP contribution is 2.16. The number of carboxylic acid groups (broad SMARTS) is 1. The number of allylic oxidation sites excluding steroid dienone is 2. The first-order chi connectivity index (χ1) is 8.10. The molecule has 0 aromatic carbocycles. The number of aliphatic carboxylic acids is 1. The molecule has 0 spiro atoms. The first-order valence-corrected chi connectivity index (χ1v) is 4.94. The Kier molecular flexibility index (Phi) is 7.45. The third-order valence-corrected chi connectivity index (χ3v) is 2.18. The SMILES string of the molecule is C/C=C(/C=O)CC(C(=O)O)C(C=O)OCC=O. The molecule has 0 aliphatic rings. The molecule has 6 nitrogen and oxygen atoms in total. The van der Waals surface area contributed by atoms with Crippen LogP contribution in [0.5, 0.6) is 0 Å². The van der Waals surface area contributed by atoms with Gasteiger partial charge in [0.05, 0.1) is 5.92 Å². The molecule has 0 aromatic rings. The predicted octanol–water partition coefficient (Wildman–Crippen LogP) is 0.00550. The van der Waals surface area contributed by atoms with Gasteiger partial charge < -0.3 is 19.4 Å². The van der Waals surface area contributed by atoms with E-state index in [1.165, 1.54) is 6.08 Å². The Hall–Kier alpha value is -1.82. The van der Waals surface area contributed by atoms with Crippen molar-refractivity contribution in [2.45, 2.75) is 19.4 Å². The Bertz CT molecular complexity index is 320. The van der Waals surface area contributed by atoms with Gasteiger partial charge in [-0.3, -0.25) is 9.59 Å². The molecule has 0 radical (unpaired) electrons. The van der Waals surface area contributed by atoms with Crippen LogP contribution < -0.4 is 0 Å². The van der Waals surface area contributed by atoms with Crippen LogP contribution in [0.4, 0.5) is 0 Å². The third-order valence-electron chi connectivity index (χ3n) is 2.18. The summed E-state index contributed by atoms with van der Waals surface area (Å²) < 4.78 is 4.79. The lowest BCUT2D eigenvalue weighted by Gasteiger charge is -2.18. The van der Waals surface area contributed by atoms with Crippen LogP contribution in [-0.4, -0.2) is 42.6 Å². The number of aldehydes is 3. The Labute approximate surface area is 98.3 Å². The summed E-state index contributed by atoms with van der Waals surface area (Å²) in [5.41, 5.74) is 0.263. The first kappa shape index (κ1) is 15.2. The molecule has 0 aromatic heterocycles. The van der Waals surface area contributed by atoms with E-state index in [9.17, 15) is 19.2 Å². The molecule has 0 aliphatic carbocycles. The van der Waals surface area contributed by atoms with Gasteiger partial charge in [0.25, 0.3) is 0 Å². The van der Waals surface area contributed by atoms with Crippen LogP contribution in [0.1, 0.15) is 13.3 Å². The fourth-order valence-corrected chi connectivity index (χ4v) is 1.23. The highest BCUT2D eigenvalue weighted by atomic mass is 16.5. The Morgan fingerprint density at radius 2 is 2.00 bits per heavy atom. The van der Waals surface area contributed by atoms with Crippen molar-refractivity contribution in [3.63, 3.8) is 0 Å². The molecule has 94 valence electrons. The van der Waals surface area contributed by atoms with E-state index in [4.69, 9.17) is 9.84 Å². The zero-order valence-corrected chi connectivity index (χ0v) is 9.37. The van der Waals surface area contributed by atoms with Crippen LogP contribution in [0.2, 0.25) is 0 Å². The predicted molar refractivity (Wildman–Crippen MR) is 57.4 cm³/mol. The summed E-state index contributed by atoms with van der Waals surface area (Å²) in [4.78, 5) is 42.3. The smallest absolute Gasteiger partial charge is 0.309 e. The normalized spacial score (nSPS) is 14.8. The van der Waals surface area contributed by atoms with Crippen molar-refractivity contribution in [3.05, 3.63) is 11.6 Å². The zero-order chi connectivity index (χ0) is 13.3. The molecule has 0 saturated heterocycles. The number of hydrogen-bond donors (Lipinski definition) is 1. The van der Waals surface area contributed by atoms with Crippen molar-refractivity contribution in [3.8, 4) is 0 Å². The van der Waals surface area contributed by atoms with E-state index < -0.39 is 18.0 Å². The molecular weight excluding hydrogens is 228 g/mol. The Morgan fingerprint density at radius 3 is 2.35 bits per heavy atom. The standard InChI is InChI=1S/C11H14O6/c1-2-8(6-13)5-9(11(15)16)10(7-14)17-4-3-12/h2-3,6-7,9-10H,4-5H2,1H3,(H,15,16)/b8-2+. The van der Waals surface area contributed by atoms with E-state index in [0.29, 0.717) is 18.9 Å². The van der Waals surface area contributed by atoms with E-state index in [1.807, 2.05) is 0 Å². The van der Waals surface area contributed by atoms with E-state index in [1.54, 1.807) is 6.92 Å². The van der Waals surface area contributed by atoms with Gasteiger partial charge in [-0.05, 0) is 18.9 Å². The van der Waals surface area contributed by atoms with Gasteiger partial charge in [0.15, 0.2) is 0 Å². The second-order valence-corrected chi connectivity index (χ2v) is 3.23. The lowest BCUT2D eigenvalue weighted by molar-refractivity contribution is -0.150. The van der Waals surface area contributed by atoms with Crippen molar-refractivity contribution in [1.29, 1.82) is 0 Å². The number of hydrogen-bond acceptors (Lipinski definition) is 5. The van der Waals surface area contributed by atoms with Gasteiger partial charge in [-0.2, -0.15) is 0 Å². The maximum atomic E-state index is 11.0. The number of rotatable bonds is 9. The van der Waals surface area contributed by atoms with Gasteiger partial charge in [0.1, 0.15) is 31.6 Å². The van der Waals surface area contributed by atoms with Gasteiger partial charge in [-0.15, -0.1) is 0 Å². The maximum Gasteiger partial charge on any atom is 0.309 e. The number of carboxylic acids is 1. The van der Waals surface area contributed by atoms with E-state index >= 15 is 0 Å². The molecule has 6 heteroatoms.